The predicted octanol–water partition coefficient (Wildman–Crippen LogP) is 4.35. The summed E-state index contributed by atoms with van der Waals surface area (Å²) >= 11 is 0. The van der Waals surface area contributed by atoms with Crippen LogP contribution in [-0.2, 0) is 27.7 Å². The maximum absolute atomic E-state index is 13.1. The highest BCUT2D eigenvalue weighted by atomic mass is 35.5. The maximum Gasteiger partial charge on any atom is 0.261 e. The molecule has 1 amide bonds. The molecule has 0 bridgehead atoms. The number of nitrogens with one attached hydrogen (secondary N) is 2. The van der Waals surface area contributed by atoms with Crippen LogP contribution in [0.4, 0.5) is 11.4 Å². The highest BCUT2D eigenvalue weighted by Crippen LogP contribution is 2.33. The number of amides is 1. The van der Waals surface area contributed by atoms with E-state index in [1.165, 1.54) is 0 Å². The Kier molecular flexibility index (Phi) is 8.19. The Morgan fingerprint density at radius 1 is 1.09 bits per heavy atom. The molecule has 3 aromatic carbocycles. The third kappa shape index (κ3) is 6.21. The Morgan fingerprint density at radius 3 is 2.43 bits per heavy atom. The van der Waals surface area contributed by atoms with Crippen LogP contribution in [0.3, 0.4) is 0 Å². The first-order chi connectivity index (χ1) is 16.2. The van der Waals surface area contributed by atoms with Gasteiger partial charge in [0, 0.05) is 29.9 Å². The summed E-state index contributed by atoms with van der Waals surface area (Å²) in [5.41, 5.74) is 9.43. The summed E-state index contributed by atoms with van der Waals surface area (Å²) in [6.07, 6.45) is 1.71. The minimum Gasteiger partial charge on any atom is -0.384 e. The van der Waals surface area contributed by atoms with Gasteiger partial charge in [0.15, 0.2) is 0 Å². The van der Waals surface area contributed by atoms with Gasteiger partial charge in [-0.15, -0.1) is 12.4 Å². The lowest BCUT2D eigenvalue weighted by Gasteiger charge is -2.33. The number of halogens is 1. The molecule has 1 heterocycles. The molecule has 0 saturated heterocycles. The van der Waals surface area contributed by atoms with Crippen LogP contribution in [-0.4, -0.2) is 26.7 Å². The van der Waals surface area contributed by atoms with Crippen molar-refractivity contribution in [2.24, 2.45) is 11.7 Å². The number of fused-ring (bicyclic) bond motifs is 1. The molecule has 184 valence electrons. The molecule has 1 aliphatic heterocycles. The fourth-order valence-electron chi connectivity index (χ4n) is 4.21. The van der Waals surface area contributed by atoms with Crippen LogP contribution in [0.15, 0.2) is 77.7 Å². The number of carbonyl (C=O) groups is 1. The van der Waals surface area contributed by atoms with Crippen molar-refractivity contribution in [1.82, 2.24) is 0 Å². The number of anilines is 2. The second-order valence-corrected chi connectivity index (χ2v) is 10.4. The van der Waals surface area contributed by atoms with Crippen LogP contribution in [0.2, 0.25) is 0 Å². The van der Waals surface area contributed by atoms with Gasteiger partial charge in [-0.1, -0.05) is 49.4 Å². The van der Waals surface area contributed by atoms with Gasteiger partial charge in [0.25, 0.3) is 10.0 Å². The van der Waals surface area contributed by atoms with Gasteiger partial charge in [0.2, 0.25) is 5.91 Å². The molecule has 0 saturated carbocycles. The number of amidine groups is 1. The number of nitrogen functional groups attached to an aromatic ring is 1. The Labute approximate surface area is 212 Å². The highest BCUT2D eigenvalue weighted by molar-refractivity contribution is 7.92. The first-order valence-electron chi connectivity index (χ1n) is 11.2. The van der Waals surface area contributed by atoms with Gasteiger partial charge in [-0.05, 0) is 60.2 Å². The second kappa shape index (κ2) is 10.9. The summed E-state index contributed by atoms with van der Waals surface area (Å²) in [6, 6.07) is 21.0. The van der Waals surface area contributed by atoms with E-state index in [-0.39, 0.29) is 35.0 Å². The largest absolute Gasteiger partial charge is 0.384 e. The number of hydrogen-bond donors (Lipinski definition) is 3. The monoisotopic (exact) mass is 512 g/mol. The lowest BCUT2D eigenvalue weighted by atomic mass is 9.93. The van der Waals surface area contributed by atoms with E-state index in [1.807, 2.05) is 29.2 Å². The van der Waals surface area contributed by atoms with Crippen molar-refractivity contribution in [3.63, 3.8) is 0 Å². The number of nitrogens with zero attached hydrogens (tertiary/aromatic N) is 1. The zero-order valence-corrected chi connectivity index (χ0v) is 21.0. The van der Waals surface area contributed by atoms with Crippen LogP contribution in [0.1, 0.15) is 30.0 Å². The summed E-state index contributed by atoms with van der Waals surface area (Å²) in [5.74, 6) is 0.306. The Balaban J connectivity index is 0.00000342. The normalized spacial score (nSPS) is 15.0. The molecule has 35 heavy (non-hydrogen) atoms. The minimum atomic E-state index is -3.68. The molecule has 0 fully saturated rings. The summed E-state index contributed by atoms with van der Waals surface area (Å²) in [6.45, 7) is 2.72. The van der Waals surface area contributed by atoms with E-state index in [1.54, 1.807) is 48.5 Å². The van der Waals surface area contributed by atoms with E-state index >= 15 is 0 Å². The number of hydrogen-bond acceptors (Lipinski definition) is 4. The van der Waals surface area contributed by atoms with Gasteiger partial charge in [0.1, 0.15) is 5.84 Å². The quantitative estimate of drug-likeness (QED) is 0.322. The van der Waals surface area contributed by atoms with Gasteiger partial charge in [-0.3, -0.25) is 14.9 Å². The van der Waals surface area contributed by atoms with Gasteiger partial charge in [-0.25, -0.2) is 8.42 Å². The maximum atomic E-state index is 13.1. The third-order valence-electron chi connectivity index (χ3n) is 5.93. The molecule has 4 N–H and O–H groups in total. The Bertz CT molecular complexity index is 1310. The molecule has 9 heteroatoms. The van der Waals surface area contributed by atoms with E-state index in [4.69, 9.17) is 11.1 Å². The number of rotatable bonds is 7. The smallest absolute Gasteiger partial charge is 0.261 e. The van der Waals surface area contributed by atoms with Crippen LogP contribution in [0.25, 0.3) is 0 Å². The fourth-order valence-corrected chi connectivity index (χ4v) is 5.28. The molecule has 0 aromatic heterocycles. The average Bonchev–Trinajstić information content (AvgIpc) is 2.82. The Hall–Kier alpha value is -3.36. The van der Waals surface area contributed by atoms with Gasteiger partial charge >= 0.3 is 0 Å². The lowest BCUT2D eigenvalue weighted by molar-refractivity contribution is -0.118. The summed E-state index contributed by atoms with van der Waals surface area (Å²) in [5, 5.41) is 7.48. The molecule has 0 aliphatic carbocycles. The van der Waals surface area contributed by atoms with Crippen molar-refractivity contribution in [3.05, 3.63) is 89.5 Å². The van der Waals surface area contributed by atoms with Gasteiger partial charge < -0.3 is 10.6 Å². The first kappa shape index (κ1) is 26.2. The van der Waals surface area contributed by atoms with Crippen molar-refractivity contribution in [3.8, 4) is 0 Å². The van der Waals surface area contributed by atoms with Crippen molar-refractivity contribution in [1.29, 1.82) is 5.41 Å². The molecule has 0 radical (unpaired) electrons. The van der Waals surface area contributed by atoms with Crippen LogP contribution >= 0.6 is 12.4 Å². The number of aryl methyl sites for hydroxylation is 1. The van der Waals surface area contributed by atoms with E-state index in [2.05, 4.69) is 11.6 Å². The van der Waals surface area contributed by atoms with Crippen molar-refractivity contribution >= 4 is 45.5 Å². The van der Waals surface area contributed by atoms with E-state index < -0.39 is 10.0 Å². The fraction of sp³-hybridized carbons (Fsp3) is 0.231. The lowest BCUT2D eigenvalue weighted by Crippen LogP contribution is -2.39. The predicted molar refractivity (Wildman–Crippen MR) is 142 cm³/mol. The van der Waals surface area contributed by atoms with Crippen molar-refractivity contribution in [2.75, 3.05) is 16.2 Å². The molecular formula is C26H29ClN4O3S. The molecule has 1 unspecified atom stereocenters. The molecule has 1 atom stereocenters. The average molecular weight is 513 g/mol. The summed E-state index contributed by atoms with van der Waals surface area (Å²) in [4.78, 5) is 15.1. The first-order valence-corrected chi connectivity index (χ1v) is 12.7. The third-order valence-corrected chi connectivity index (χ3v) is 7.33. The Morgan fingerprint density at radius 2 is 1.77 bits per heavy atom. The SMILES string of the molecule is CC1Cc2cc(NS(=O)(=O)c3ccccc3)ccc2N(C(=O)CCc2ccc(C(=N)N)cc2)C1.Cl. The highest BCUT2D eigenvalue weighted by Gasteiger charge is 2.27. The number of sulfonamides is 1. The summed E-state index contributed by atoms with van der Waals surface area (Å²) in [7, 11) is -3.68. The molecule has 1 aliphatic rings. The molecule has 4 rings (SSSR count). The number of benzene rings is 3. The van der Waals surface area contributed by atoms with Crippen LogP contribution in [0, 0.1) is 11.3 Å². The molecule has 7 nitrogen and oxygen atoms in total. The standard InChI is InChI=1S/C26H28N4O3S.ClH/c1-18-15-21-16-22(29-34(32,33)23-5-3-2-4-6-23)12-13-24(21)30(17-18)25(31)14-9-19-7-10-20(11-8-19)26(27)28;/h2-8,10-13,16,18,29H,9,14-15,17H2,1H3,(H3,27,28);1H. The zero-order chi connectivity index (χ0) is 24.3. The second-order valence-electron chi connectivity index (χ2n) is 8.69. The zero-order valence-electron chi connectivity index (χ0n) is 19.4. The molecule has 0 spiro atoms. The van der Waals surface area contributed by atoms with E-state index in [0.717, 1.165) is 23.2 Å². The van der Waals surface area contributed by atoms with Crippen molar-refractivity contribution < 1.29 is 13.2 Å². The van der Waals surface area contributed by atoms with Crippen LogP contribution < -0.4 is 15.4 Å². The number of nitrogens with two attached hydrogens (primary N) is 1. The van der Waals surface area contributed by atoms with Crippen LogP contribution in [0.5, 0.6) is 0 Å². The summed E-state index contributed by atoms with van der Waals surface area (Å²) < 4.78 is 28.0. The van der Waals surface area contributed by atoms with Crippen molar-refractivity contribution in [2.45, 2.75) is 31.1 Å². The molecular weight excluding hydrogens is 484 g/mol. The topological polar surface area (TPSA) is 116 Å². The van der Waals surface area contributed by atoms with Gasteiger partial charge in [0.05, 0.1) is 4.90 Å². The van der Waals surface area contributed by atoms with E-state index in [9.17, 15) is 13.2 Å². The number of carbonyl (C=O) groups excluding carboxylic acids is 1. The minimum absolute atomic E-state index is 0. The van der Waals surface area contributed by atoms with E-state index in [0.29, 0.717) is 30.6 Å². The van der Waals surface area contributed by atoms with Gasteiger partial charge in [-0.2, -0.15) is 0 Å². The molecule has 3 aromatic rings.